The average Bonchev–Trinajstić information content (AvgIpc) is 2.23. The summed E-state index contributed by atoms with van der Waals surface area (Å²) in [4.78, 5) is 10.8. The molecule has 0 aliphatic carbocycles. The fraction of sp³-hybridized carbons (Fsp3) is 0.417. The summed E-state index contributed by atoms with van der Waals surface area (Å²) in [6, 6.07) is 1.85. The smallest absolute Gasteiger partial charge is 0.307 e. The van der Waals surface area contributed by atoms with Gasteiger partial charge in [-0.3, -0.25) is 4.79 Å². The number of benzene rings is 1. The fourth-order valence-corrected chi connectivity index (χ4v) is 1.67. The lowest BCUT2D eigenvalue weighted by molar-refractivity contribution is -0.136. The van der Waals surface area contributed by atoms with Gasteiger partial charge in [-0.1, -0.05) is 0 Å². The highest BCUT2D eigenvalue weighted by Crippen LogP contribution is 2.35. The van der Waals surface area contributed by atoms with Crippen molar-refractivity contribution < 1.29 is 19.4 Å². The van der Waals surface area contributed by atoms with Gasteiger partial charge in [-0.2, -0.15) is 0 Å². The van der Waals surface area contributed by atoms with Crippen molar-refractivity contribution in [3.8, 4) is 11.5 Å². The van der Waals surface area contributed by atoms with E-state index in [0.717, 1.165) is 11.1 Å². The molecule has 4 nitrogen and oxygen atoms in total. The monoisotopic (exact) mass is 224 g/mol. The van der Waals surface area contributed by atoms with Crippen LogP contribution in [0.15, 0.2) is 6.07 Å². The first-order valence-corrected chi connectivity index (χ1v) is 4.94. The van der Waals surface area contributed by atoms with E-state index in [-0.39, 0.29) is 6.42 Å². The predicted molar refractivity (Wildman–Crippen MR) is 60.4 cm³/mol. The number of methoxy groups -OCH3 is 2. The summed E-state index contributed by atoms with van der Waals surface area (Å²) in [5, 5.41) is 8.87. The Morgan fingerprint density at radius 1 is 1.31 bits per heavy atom. The first-order chi connectivity index (χ1) is 7.51. The highest BCUT2D eigenvalue weighted by atomic mass is 16.5. The Labute approximate surface area is 94.8 Å². The van der Waals surface area contributed by atoms with E-state index in [2.05, 4.69) is 0 Å². The molecule has 0 atom stereocenters. The first kappa shape index (κ1) is 12.4. The summed E-state index contributed by atoms with van der Waals surface area (Å²) >= 11 is 0. The Morgan fingerprint density at radius 3 is 2.38 bits per heavy atom. The third-order valence-electron chi connectivity index (χ3n) is 2.64. The number of ether oxygens (including phenoxy) is 2. The summed E-state index contributed by atoms with van der Waals surface area (Å²) in [7, 11) is 3.05. The molecule has 0 aromatic heterocycles. The lowest BCUT2D eigenvalue weighted by Gasteiger charge is -2.16. The first-order valence-electron chi connectivity index (χ1n) is 4.94. The maximum Gasteiger partial charge on any atom is 0.307 e. The zero-order valence-electron chi connectivity index (χ0n) is 9.96. The van der Waals surface area contributed by atoms with Crippen LogP contribution in [-0.2, 0) is 11.2 Å². The average molecular weight is 224 g/mol. The van der Waals surface area contributed by atoms with Gasteiger partial charge < -0.3 is 14.6 Å². The molecule has 88 valence electrons. The van der Waals surface area contributed by atoms with Crippen molar-refractivity contribution in [2.24, 2.45) is 0 Å². The van der Waals surface area contributed by atoms with E-state index in [1.165, 1.54) is 14.2 Å². The second-order valence-electron chi connectivity index (χ2n) is 3.60. The van der Waals surface area contributed by atoms with Crippen molar-refractivity contribution in [3.63, 3.8) is 0 Å². The van der Waals surface area contributed by atoms with Crippen LogP contribution in [0.4, 0.5) is 0 Å². The van der Waals surface area contributed by atoms with Crippen molar-refractivity contribution in [1.82, 2.24) is 0 Å². The van der Waals surface area contributed by atoms with E-state index in [9.17, 15) is 4.79 Å². The van der Waals surface area contributed by atoms with E-state index in [0.29, 0.717) is 17.1 Å². The normalized spacial score (nSPS) is 10.0. The highest BCUT2D eigenvalue weighted by Gasteiger charge is 2.17. The van der Waals surface area contributed by atoms with Crippen molar-refractivity contribution in [2.45, 2.75) is 20.3 Å². The van der Waals surface area contributed by atoms with Crippen LogP contribution < -0.4 is 9.47 Å². The number of hydrogen-bond acceptors (Lipinski definition) is 3. The number of rotatable bonds is 4. The molecule has 4 heteroatoms. The summed E-state index contributed by atoms with van der Waals surface area (Å²) in [6.45, 7) is 3.80. The molecule has 0 aliphatic heterocycles. The molecule has 0 fully saturated rings. The van der Waals surface area contributed by atoms with Gasteiger partial charge in [-0.15, -0.1) is 0 Å². The number of aliphatic carboxylic acids is 1. The van der Waals surface area contributed by atoms with Gasteiger partial charge in [0.2, 0.25) is 0 Å². The summed E-state index contributed by atoms with van der Waals surface area (Å²) in [6.07, 6.45) is -0.0625. The zero-order valence-corrected chi connectivity index (χ0v) is 9.96. The molecule has 0 saturated heterocycles. The largest absolute Gasteiger partial charge is 0.493 e. The van der Waals surface area contributed by atoms with E-state index >= 15 is 0 Å². The summed E-state index contributed by atoms with van der Waals surface area (Å²) < 4.78 is 10.4. The quantitative estimate of drug-likeness (QED) is 0.849. The SMILES string of the molecule is COc1cc(C)c(C)c(CC(=O)O)c1OC. The molecule has 1 aromatic carbocycles. The lowest BCUT2D eigenvalue weighted by atomic mass is 9.99. The van der Waals surface area contributed by atoms with Gasteiger partial charge in [-0.05, 0) is 31.0 Å². The number of carboxylic acid groups (broad SMARTS) is 1. The van der Waals surface area contributed by atoms with Crippen molar-refractivity contribution in [1.29, 1.82) is 0 Å². The minimum atomic E-state index is -0.881. The Morgan fingerprint density at radius 2 is 1.94 bits per heavy atom. The topological polar surface area (TPSA) is 55.8 Å². The Hall–Kier alpha value is -1.71. The second kappa shape index (κ2) is 4.88. The van der Waals surface area contributed by atoms with Gasteiger partial charge in [0.1, 0.15) is 0 Å². The number of carboxylic acids is 1. The van der Waals surface area contributed by atoms with Crippen LogP contribution >= 0.6 is 0 Å². The molecular weight excluding hydrogens is 208 g/mol. The van der Waals surface area contributed by atoms with Crippen LogP contribution in [-0.4, -0.2) is 25.3 Å². The minimum Gasteiger partial charge on any atom is -0.493 e. The summed E-state index contributed by atoms with van der Waals surface area (Å²) in [5.74, 6) is 0.198. The van der Waals surface area contributed by atoms with Crippen LogP contribution in [0.2, 0.25) is 0 Å². The van der Waals surface area contributed by atoms with Gasteiger partial charge in [0.15, 0.2) is 11.5 Å². The highest BCUT2D eigenvalue weighted by molar-refractivity contribution is 5.73. The van der Waals surface area contributed by atoms with E-state index in [1.807, 2.05) is 19.9 Å². The fourth-order valence-electron chi connectivity index (χ4n) is 1.67. The van der Waals surface area contributed by atoms with Gasteiger partial charge >= 0.3 is 5.97 Å². The molecule has 0 aliphatic rings. The zero-order chi connectivity index (χ0) is 12.3. The molecule has 0 unspecified atom stereocenters. The van der Waals surface area contributed by atoms with E-state index < -0.39 is 5.97 Å². The number of aryl methyl sites for hydroxylation is 1. The van der Waals surface area contributed by atoms with Crippen LogP contribution in [0.25, 0.3) is 0 Å². The van der Waals surface area contributed by atoms with Crippen molar-refractivity contribution in [2.75, 3.05) is 14.2 Å². The van der Waals surface area contributed by atoms with Crippen LogP contribution in [0.1, 0.15) is 16.7 Å². The van der Waals surface area contributed by atoms with Gasteiger partial charge in [-0.25, -0.2) is 0 Å². The van der Waals surface area contributed by atoms with Crippen LogP contribution in [0, 0.1) is 13.8 Å². The Balaban J connectivity index is 3.40. The molecule has 16 heavy (non-hydrogen) atoms. The standard InChI is InChI=1S/C12H16O4/c1-7-5-10(15-3)12(16-4)9(8(7)2)6-11(13)14/h5H,6H2,1-4H3,(H,13,14). The Bertz CT molecular complexity index is 410. The van der Waals surface area contributed by atoms with Crippen LogP contribution in [0.5, 0.6) is 11.5 Å². The van der Waals surface area contributed by atoms with Crippen molar-refractivity contribution in [3.05, 3.63) is 22.8 Å². The minimum absolute atomic E-state index is 0.0625. The van der Waals surface area contributed by atoms with Gasteiger partial charge in [0.25, 0.3) is 0 Å². The molecule has 1 rings (SSSR count). The maximum atomic E-state index is 10.8. The molecular formula is C12H16O4. The number of hydrogen-bond donors (Lipinski definition) is 1. The van der Waals surface area contributed by atoms with E-state index in [1.54, 1.807) is 0 Å². The number of carbonyl (C=O) groups is 1. The lowest BCUT2D eigenvalue weighted by Crippen LogP contribution is -2.07. The van der Waals surface area contributed by atoms with Crippen molar-refractivity contribution >= 4 is 5.97 Å². The molecule has 0 bridgehead atoms. The maximum absolute atomic E-state index is 10.8. The molecule has 0 radical (unpaired) electrons. The van der Waals surface area contributed by atoms with Gasteiger partial charge in [0.05, 0.1) is 20.6 Å². The predicted octanol–water partition coefficient (Wildman–Crippen LogP) is 1.95. The molecule has 0 heterocycles. The van der Waals surface area contributed by atoms with Gasteiger partial charge in [0, 0.05) is 5.56 Å². The molecule has 1 aromatic rings. The second-order valence-corrected chi connectivity index (χ2v) is 3.60. The third-order valence-corrected chi connectivity index (χ3v) is 2.64. The Kier molecular flexibility index (Phi) is 3.77. The van der Waals surface area contributed by atoms with E-state index in [4.69, 9.17) is 14.6 Å². The molecule has 1 N–H and O–H groups in total. The molecule has 0 spiro atoms. The third kappa shape index (κ3) is 2.27. The summed E-state index contributed by atoms with van der Waals surface area (Å²) in [5.41, 5.74) is 2.60. The molecule has 0 amide bonds. The van der Waals surface area contributed by atoms with Crippen LogP contribution in [0.3, 0.4) is 0 Å². The molecule has 0 saturated carbocycles.